The van der Waals surface area contributed by atoms with Crippen LogP contribution in [0.5, 0.6) is 0 Å². The van der Waals surface area contributed by atoms with E-state index in [4.69, 9.17) is 5.84 Å². The van der Waals surface area contributed by atoms with Crippen molar-refractivity contribution < 1.29 is 0 Å². The molecule has 0 radical (unpaired) electrons. The maximum Gasteiger partial charge on any atom is 0.239 e. The third-order valence-corrected chi connectivity index (χ3v) is 2.88. The molecule has 0 amide bonds. The number of nitrogens with one attached hydrogen (secondary N) is 1. The van der Waals surface area contributed by atoms with E-state index in [1.807, 2.05) is 42.3 Å². The van der Waals surface area contributed by atoms with E-state index in [9.17, 15) is 0 Å². The topological polar surface area (TPSA) is 67.1 Å². The Balaban J connectivity index is 2.40. The normalized spacial score (nSPS) is 10.1. The second-order valence-corrected chi connectivity index (χ2v) is 4.26. The molecule has 0 aliphatic heterocycles. The molecule has 1 aromatic heterocycles. The Bertz CT molecular complexity index is 502. The van der Waals surface area contributed by atoms with Crippen molar-refractivity contribution in [3.05, 3.63) is 41.0 Å². The van der Waals surface area contributed by atoms with Gasteiger partial charge in [-0.3, -0.25) is 5.43 Å². The quantitative estimate of drug-likeness (QED) is 0.671. The zero-order chi connectivity index (χ0) is 12.3. The van der Waals surface area contributed by atoms with Crippen molar-refractivity contribution in [1.82, 2.24) is 9.97 Å². The van der Waals surface area contributed by atoms with Gasteiger partial charge in [0.2, 0.25) is 5.95 Å². The number of nitrogens with zero attached hydrogens (tertiary/aromatic N) is 3. The van der Waals surface area contributed by atoms with Crippen molar-refractivity contribution in [3.8, 4) is 0 Å². The Morgan fingerprint density at radius 1 is 1.29 bits per heavy atom. The summed E-state index contributed by atoms with van der Waals surface area (Å²) >= 11 is 3.42. The highest BCUT2D eigenvalue weighted by Crippen LogP contribution is 2.28. The van der Waals surface area contributed by atoms with E-state index in [1.165, 1.54) is 0 Å². The Hall–Kier alpha value is -1.66. The van der Waals surface area contributed by atoms with E-state index >= 15 is 0 Å². The molecular formula is C11H12BrN5. The molecule has 17 heavy (non-hydrogen) atoms. The number of aromatic nitrogens is 2. The second kappa shape index (κ2) is 5.11. The van der Waals surface area contributed by atoms with Crippen LogP contribution < -0.4 is 16.2 Å². The first-order chi connectivity index (χ1) is 8.22. The van der Waals surface area contributed by atoms with Crippen LogP contribution in [0.2, 0.25) is 0 Å². The summed E-state index contributed by atoms with van der Waals surface area (Å²) in [6.45, 7) is 0. The summed E-state index contributed by atoms with van der Waals surface area (Å²) in [4.78, 5) is 10.3. The molecule has 2 rings (SSSR count). The van der Waals surface area contributed by atoms with Crippen molar-refractivity contribution in [1.29, 1.82) is 0 Å². The van der Waals surface area contributed by atoms with Crippen LogP contribution in [0, 0.1) is 0 Å². The molecule has 0 bridgehead atoms. The number of benzene rings is 1. The van der Waals surface area contributed by atoms with E-state index < -0.39 is 0 Å². The molecule has 1 aromatic carbocycles. The van der Waals surface area contributed by atoms with Gasteiger partial charge in [-0.15, -0.1) is 0 Å². The molecule has 0 aliphatic rings. The fourth-order valence-corrected chi connectivity index (χ4v) is 1.89. The molecule has 0 fully saturated rings. The molecule has 0 saturated heterocycles. The number of halogens is 1. The van der Waals surface area contributed by atoms with E-state index in [0.29, 0.717) is 5.95 Å². The molecule has 0 atom stereocenters. The summed E-state index contributed by atoms with van der Waals surface area (Å²) < 4.78 is 0.808. The van der Waals surface area contributed by atoms with Gasteiger partial charge < -0.3 is 4.90 Å². The highest BCUT2D eigenvalue weighted by atomic mass is 79.9. The Morgan fingerprint density at radius 3 is 2.65 bits per heavy atom. The highest BCUT2D eigenvalue weighted by Gasteiger charge is 2.10. The van der Waals surface area contributed by atoms with Gasteiger partial charge in [-0.05, 0) is 28.1 Å². The van der Waals surface area contributed by atoms with E-state index in [1.54, 1.807) is 6.20 Å². The van der Waals surface area contributed by atoms with Gasteiger partial charge in [-0.2, -0.15) is 4.98 Å². The minimum absolute atomic E-state index is 0.381. The molecule has 0 unspecified atom stereocenters. The number of rotatable bonds is 3. The number of hydrogen-bond donors (Lipinski definition) is 2. The van der Waals surface area contributed by atoms with Gasteiger partial charge in [0, 0.05) is 18.9 Å². The van der Waals surface area contributed by atoms with Crippen LogP contribution in [0.25, 0.3) is 0 Å². The third kappa shape index (κ3) is 2.54. The molecule has 0 saturated carbocycles. The van der Waals surface area contributed by atoms with Gasteiger partial charge in [0.15, 0.2) is 5.82 Å². The minimum Gasteiger partial charge on any atom is -0.328 e. The maximum atomic E-state index is 5.30. The van der Waals surface area contributed by atoms with Crippen molar-refractivity contribution >= 4 is 33.4 Å². The highest BCUT2D eigenvalue weighted by molar-refractivity contribution is 9.10. The number of hydrazine groups is 1. The summed E-state index contributed by atoms with van der Waals surface area (Å²) in [6, 6.07) is 9.93. The molecule has 0 spiro atoms. The van der Waals surface area contributed by atoms with Gasteiger partial charge in [-0.25, -0.2) is 10.8 Å². The van der Waals surface area contributed by atoms with Crippen LogP contribution in [0.3, 0.4) is 0 Å². The smallest absolute Gasteiger partial charge is 0.239 e. The lowest BCUT2D eigenvalue weighted by Gasteiger charge is -2.19. The van der Waals surface area contributed by atoms with Gasteiger partial charge in [-0.1, -0.05) is 18.2 Å². The number of anilines is 3. The number of hydrogen-bond acceptors (Lipinski definition) is 5. The monoisotopic (exact) mass is 293 g/mol. The van der Waals surface area contributed by atoms with Crippen LogP contribution in [0.4, 0.5) is 17.5 Å². The number of para-hydroxylation sites is 1. The lowest BCUT2D eigenvalue weighted by molar-refractivity contribution is 1.05. The molecule has 88 valence electrons. The van der Waals surface area contributed by atoms with Crippen LogP contribution in [-0.2, 0) is 0 Å². The fraction of sp³-hybridized carbons (Fsp3) is 0.0909. The Labute approximate surface area is 108 Å². The predicted molar refractivity (Wildman–Crippen MR) is 72.0 cm³/mol. The van der Waals surface area contributed by atoms with Gasteiger partial charge in [0.1, 0.15) is 0 Å². The summed E-state index contributed by atoms with van der Waals surface area (Å²) in [5.41, 5.74) is 3.47. The summed E-state index contributed by atoms with van der Waals surface area (Å²) in [6.07, 6.45) is 1.66. The predicted octanol–water partition coefficient (Wildman–Crippen LogP) is 2.29. The zero-order valence-electron chi connectivity index (χ0n) is 9.26. The third-order valence-electron chi connectivity index (χ3n) is 2.32. The fourth-order valence-electron chi connectivity index (χ4n) is 1.44. The first kappa shape index (κ1) is 11.8. The van der Waals surface area contributed by atoms with Crippen molar-refractivity contribution in [2.75, 3.05) is 17.4 Å². The lowest BCUT2D eigenvalue weighted by Crippen LogP contribution is -2.16. The molecule has 5 nitrogen and oxygen atoms in total. The summed E-state index contributed by atoms with van der Waals surface area (Å²) in [5, 5.41) is 0. The first-order valence-electron chi connectivity index (χ1n) is 5.00. The first-order valence-corrected chi connectivity index (χ1v) is 5.79. The van der Waals surface area contributed by atoms with Crippen molar-refractivity contribution in [2.24, 2.45) is 5.84 Å². The SMILES string of the molecule is CN(c1ccccc1)c1nc(NN)ncc1Br. The minimum atomic E-state index is 0.381. The van der Waals surface area contributed by atoms with Gasteiger partial charge in [0.25, 0.3) is 0 Å². The van der Waals surface area contributed by atoms with E-state index in [0.717, 1.165) is 16.0 Å². The molecule has 1 heterocycles. The van der Waals surface area contributed by atoms with Crippen LogP contribution in [-0.4, -0.2) is 17.0 Å². The van der Waals surface area contributed by atoms with Crippen LogP contribution in [0.15, 0.2) is 41.0 Å². The Kier molecular flexibility index (Phi) is 3.55. The maximum absolute atomic E-state index is 5.30. The largest absolute Gasteiger partial charge is 0.328 e. The van der Waals surface area contributed by atoms with Crippen LogP contribution >= 0.6 is 15.9 Å². The summed E-state index contributed by atoms with van der Waals surface area (Å²) in [5.74, 6) is 6.43. The average molecular weight is 294 g/mol. The van der Waals surface area contributed by atoms with Crippen molar-refractivity contribution in [3.63, 3.8) is 0 Å². The van der Waals surface area contributed by atoms with E-state index in [-0.39, 0.29) is 0 Å². The van der Waals surface area contributed by atoms with E-state index in [2.05, 4.69) is 31.3 Å². The summed E-state index contributed by atoms with van der Waals surface area (Å²) in [7, 11) is 1.93. The lowest BCUT2D eigenvalue weighted by atomic mass is 10.3. The van der Waals surface area contributed by atoms with Gasteiger partial charge in [0.05, 0.1) is 4.47 Å². The van der Waals surface area contributed by atoms with Crippen LogP contribution in [0.1, 0.15) is 0 Å². The average Bonchev–Trinajstić information content (AvgIpc) is 2.39. The second-order valence-electron chi connectivity index (χ2n) is 3.40. The molecular weight excluding hydrogens is 282 g/mol. The Morgan fingerprint density at radius 2 is 2.00 bits per heavy atom. The molecule has 6 heteroatoms. The number of nitrogens with two attached hydrogens (primary N) is 1. The zero-order valence-corrected chi connectivity index (χ0v) is 10.8. The van der Waals surface area contributed by atoms with Crippen molar-refractivity contribution in [2.45, 2.75) is 0 Å². The number of nitrogen functional groups attached to an aromatic ring is 1. The standard InChI is InChI=1S/C11H12BrN5/c1-17(8-5-3-2-4-6-8)10-9(12)7-14-11(15-10)16-13/h2-7H,13H2,1H3,(H,14,15,16). The molecule has 0 aliphatic carbocycles. The molecule has 2 aromatic rings. The molecule has 3 N–H and O–H groups in total. The van der Waals surface area contributed by atoms with Gasteiger partial charge >= 0.3 is 0 Å².